The van der Waals surface area contributed by atoms with Gasteiger partial charge in [0.1, 0.15) is 11.3 Å². The number of pyridine rings is 1. The van der Waals surface area contributed by atoms with Crippen molar-refractivity contribution in [2.45, 2.75) is 38.6 Å². The number of methoxy groups -OCH3 is 1. The number of alkyl halides is 1. The van der Waals surface area contributed by atoms with Gasteiger partial charge in [-0.1, -0.05) is 13.3 Å². The van der Waals surface area contributed by atoms with Crippen LogP contribution >= 0.6 is 11.6 Å². The third kappa shape index (κ3) is 2.26. The molecule has 4 nitrogen and oxygen atoms in total. The second-order valence-electron chi connectivity index (χ2n) is 5.51. The number of rotatable bonds is 4. The Kier molecular flexibility index (Phi) is 3.83. The Morgan fingerprint density at radius 2 is 2.20 bits per heavy atom. The van der Waals surface area contributed by atoms with E-state index < -0.39 is 0 Å². The lowest BCUT2D eigenvalue weighted by atomic mass is 10.1. The van der Waals surface area contributed by atoms with Crippen molar-refractivity contribution in [2.24, 2.45) is 5.92 Å². The maximum absolute atomic E-state index is 5.94. The number of nitrogens with zero attached hydrogens (tertiary/aromatic N) is 3. The maximum Gasteiger partial charge on any atom is 0.215 e. The summed E-state index contributed by atoms with van der Waals surface area (Å²) < 4.78 is 7.56. The first kappa shape index (κ1) is 13.7. The van der Waals surface area contributed by atoms with Crippen molar-refractivity contribution in [1.29, 1.82) is 0 Å². The van der Waals surface area contributed by atoms with E-state index in [0.717, 1.165) is 23.4 Å². The lowest BCUT2D eigenvalue weighted by Gasteiger charge is -2.20. The van der Waals surface area contributed by atoms with Gasteiger partial charge in [-0.2, -0.15) is 4.98 Å². The van der Waals surface area contributed by atoms with Crippen molar-refractivity contribution in [3.8, 4) is 5.88 Å². The van der Waals surface area contributed by atoms with E-state index in [2.05, 4.69) is 16.5 Å². The van der Waals surface area contributed by atoms with Gasteiger partial charge in [-0.05, 0) is 24.8 Å². The largest absolute Gasteiger partial charge is 0.481 e. The molecule has 3 rings (SSSR count). The first-order valence-corrected chi connectivity index (χ1v) is 7.76. The van der Waals surface area contributed by atoms with Crippen molar-refractivity contribution in [2.75, 3.05) is 13.0 Å². The van der Waals surface area contributed by atoms with Crippen LogP contribution in [0.1, 0.15) is 38.1 Å². The molecule has 0 radical (unpaired) electrons. The van der Waals surface area contributed by atoms with Gasteiger partial charge in [-0.25, -0.2) is 4.98 Å². The molecule has 0 N–H and O–H groups in total. The Bertz CT molecular complexity index is 610. The molecular formula is C15H20ClN3O. The monoisotopic (exact) mass is 293 g/mol. The fourth-order valence-electron chi connectivity index (χ4n) is 3.24. The lowest BCUT2D eigenvalue weighted by Crippen LogP contribution is -2.15. The second kappa shape index (κ2) is 5.60. The molecule has 2 atom stereocenters. The second-order valence-corrected chi connectivity index (χ2v) is 5.89. The number of hydrogen-bond acceptors (Lipinski definition) is 3. The number of halogens is 1. The molecule has 2 aromatic rings. The SMILES string of the molecule is COc1ccc2nc(CCCl)n(C3CCCC3C)c2n1. The van der Waals surface area contributed by atoms with Gasteiger partial charge in [0.2, 0.25) is 5.88 Å². The normalized spacial score (nSPS) is 22.6. The van der Waals surface area contributed by atoms with Gasteiger partial charge in [-0.3, -0.25) is 0 Å². The first-order chi connectivity index (χ1) is 9.74. The summed E-state index contributed by atoms with van der Waals surface area (Å²) in [7, 11) is 1.65. The van der Waals surface area contributed by atoms with E-state index in [0.29, 0.717) is 23.7 Å². The Morgan fingerprint density at radius 3 is 2.85 bits per heavy atom. The molecule has 0 amide bonds. The van der Waals surface area contributed by atoms with E-state index in [9.17, 15) is 0 Å². The minimum Gasteiger partial charge on any atom is -0.481 e. The molecule has 0 bridgehead atoms. The molecule has 2 unspecified atom stereocenters. The van der Waals surface area contributed by atoms with Crippen LogP contribution in [0.15, 0.2) is 12.1 Å². The molecule has 1 fully saturated rings. The van der Waals surface area contributed by atoms with Crippen LogP contribution in [0.4, 0.5) is 0 Å². The summed E-state index contributed by atoms with van der Waals surface area (Å²) in [6.45, 7) is 2.31. The number of aromatic nitrogens is 3. The molecule has 1 aliphatic carbocycles. The van der Waals surface area contributed by atoms with Crippen molar-refractivity contribution < 1.29 is 4.74 Å². The molecule has 5 heteroatoms. The minimum atomic E-state index is 0.484. The van der Waals surface area contributed by atoms with Gasteiger partial charge < -0.3 is 9.30 Å². The summed E-state index contributed by atoms with van der Waals surface area (Å²) in [5, 5.41) is 0. The summed E-state index contributed by atoms with van der Waals surface area (Å²) in [6, 6.07) is 4.33. The van der Waals surface area contributed by atoms with Crippen LogP contribution in [0.2, 0.25) is 0 Å². The Hall–Kier alpha value is -1.29. The molecule has 0 aliphatic heterocycles. The predicted molar refractivity (Wildman–Crippen MR) is 80.6 cm³/mol. The molecule has 1 saturated carbocycles. The zero-order chi connectivity index (χ0) is 14.1. The number of ether oxygens (including phenoxy) is 1. The molecule has 0 saturated heterocycles. The standard InChI is InChI=1S/C15H20ClN3O/c1-10-4-3-5-12(10)19-13(8-9-16)17-11-6-7-14(20-2)18-15(11)19/h6-7,10,12H,3-5,8-9H2,1-2H3. The lowest BCUT2D eigenvalue weighted by molar-refractivity contribution is 0.390. The number of fused-ring (bicyclic) bond motifs is 1. The summed E-state index contributed by atoms with van der Waals surface area (Å²) in [6.07, 6.45) is 4.52. The van der Waals surface area contributed by atoms with Gasteiger partial charge in [0, 0.05) is 24.4 Å². The number of aryl methyl sites for hydroxylation is 1. The van der Waals surface area contributed by atoms with E-state index in [1.807, 2.05) is 12.1 Å². The zero-order valence-electron chi connectivity index (χ0n) is 12.0. The van der Waals surface area contributed by atoms with Gasteiger partial charge in [0.25, 0.3) is 0 Å². The average Bonchev–Trinajstić information content (AvgIpc) is 3.01. The quantitative estimate of drug-likeness (QED) is 0.809. The highest BCUT2D eigenvalue weighted by molar-refractivity contribution is 6.17. The van der Waals surface area contributed by atoms with Crippen molar-refractivity contribution in [3.05, 3.63) is 18.0 Å². The van der Waals surface area contributed by atoms with Crippen LogP contribution in [0.3, 0.4) is 0 Å². The highest BCUT2D eigenvalue weighted by Crippen LogP contribution is 2.38. The third-order valence-electron chi connectivity index (χ3n) is 4.26. The third-order valence-corrected chi connectivity index (χ3v) is 4.45. The minimum absolute atomic E-state index is 0.484. The van der Waals surface area contributed by atoms with E-state index in [1.54, 1.807) is 7.11 Å². The smallest absolute Gasteiger partial charge is 0.215 e. The highest BCUT2D eigenvalue weighted by Gasteiger charge is 2.29. The zero-order valence-corrected chi connectivity index (χ0v) is 12.7. The van der Waals surface area contributed by atoms with Gasteiger partial charge >= 0.3 is 0 Å². The number of hydrogen-bond donors (Lipinski definition) is 0. The van der Waals surface area contributed by atoms with Crippen molar-refractivity contribution in [1.82, 2.24) is 14.5 Å². The van der Waals surface area contributed by atoms with E-state index in [-0.39, 0.29) is 0 Å². The van der Waals surface area contributed by atoms with Crippen LogP contribution in [0.25, 0.3) is 11.2 Å². The average molecular weight is 294 g/mol. The Balaban J connectivity index is 2.16. The molecular weight excluding hydrogens is 274 g/mol. The first-order valence-electron chi connectivity index (χ1n) is 7.22. The highest BCUT2D eigenvalue weighted by atomic mass is 35.5. The van der Waals surface area contributed by atoms with Gasteiger partial charge in [0.15, 0.2) is 5.65 Å². The van der Waals surface area contributed by atoms with Crippen LogP contribution in [-0.4, -0.2) is 27.5 Å². The molecule has 1 aliphatic rings. The number of imidazole rings is 1. The van der Waals surface area contributed by atoms with Crippen LogP contribution in [0, 0.1) is 5.92 Å². The van der Waals surface area contributed by atoms with Gasteiger partial charge in [0.05, 0.1) is 7.11 Å². The van der Waals surface area contributed by atoms with E-state index in [4.69, 9.17) is 21.3 Å². The van der Waals surface area contributed by atoms with Crippen LogP contribution < -0.4 is 4.74 Å². The fourth-order valence-corrected chi connectivity index (χ4v) is 3.40. The Labute approximate surface area is 124 Å². The van der Waals surface area contributed by atoms with Crippen LogP contribution in [-0.2, 0) is 6.42 Å². The summed E-state index contributed by atoms with van der Waals surface area (Å²) >= 11 is 5.94. The summed E-state index contributed by atoms with van der Waals surface area (Å²) in [5.74, 6) is 2.94. The molecule has 108 valence electrons. The fraction of sp³-hybridized carbons (Fsp3) is 0.600. The Morgan fingerprint density at radius 1 is 1.35 bits per heavy atom. The van der Waals surface area contributed by atoms with E-state index in [1.165, 1.54) is 19.3 Å². The molecule has 0 spiro atoms. The van der Waals surface area contributed by atoms with Gasteiger partial charge in [-0.15, -0.1) is 11.6 Å². The molecule has 20 heavy (non-hydrogen) atoms. The van der Waals surface area contributed by atoms with Crippen LogP contribution in [0.5, 0.6) is 5.88 Å². The van der Waals surface area contributed by atoms with E-state index >= 15 is 0 Å². The molecule has 2 heterocycles. The van der Waals surface area contributed by atoms with Crippen molar-refractivity contribution in [3.63, 3.8) is 0 Å². The molecule has 2 aromatic heterocycles. The summed E-state index contributed by atoms with van der Waals surface area (Å²) in [4.78, 5) is 9.33. The maximum atomic E-state index is 5.94. The summed E-state index contributed by atoms with van der Waals surface area (Å²) in [5.41, 5.74) is 1.87. The van der Waals surface area contributed by atoms with Crippen molar-refractivity contribution >= 4 is 22.8 Å². The predicted octanol–water partition coefficient (Wildman–Crippen LogP) is 3.58. The molecule has 0 aromatic carbocycles. The topological polar surface area (TPSA) is 39.9 Å².